The molecule has 9 heavy (non-hydrogen) atoms. The molecule has 0 aliphatic rings. The normalized spacial score (nSPS) is 10.4. The maximum atomic E-state index is 8.48. The summed E-state index contributed by atoms with van der Waals surface area (Å²) in [4.78, 5) is 0. The van der Waals surface area contributed by atoms with Crippen LogP contribution < -0.4 is 0 Å². The molecule has 1 heteroatoms. The Bertz CT molecular complexity index is 103. The molecule has 0 aromatic heterocycles. The molecule has 0 saturated heterocycles. The fraction of sp³-hybridized carbons (Fsp3) is 0.500. The summed E-state index contributed by atoms with van der Waals surface area (Å²) >= 11 is 0. The standard InChI is InChI=1S/C8H14O/c1-3-4-5-6-8(2)7-9/h5-6,9H,2-4,7H2,1H3. The van der Waals surface area contributed by atoms with E-state index in [-0.39, 0.29) is 6.61 Å². The highest BCUT2D eigenvalue weighted by Gasteiger charge is 1.79. The van der Waals surface area contributed by atoms with E-state index in [4.69, 9.17) is 5.11 Å². The molecule has 0 aliphatic carbocycles. The van der Waals surface area contributed by atoms with Gasteiger partial charge in [0.15, 0.2) is 0 Å². The largest absolute Gasteiger partial charge is 0.392 e. The molecular formula is C8H14O. The second-order valence-corrected chi connectivity index (χ2v) is 2.01. The number of hydrogen-bond donors (Lipinski definition) is 1. The minimum atomic E-state index is 0.0697. The highest BCUT2D eigenvalue weighted by molar-refractivity contribution is 5.13. The summed E-state index contributed by atoms with van der Waals surface area (Å²) in [5, 5.41) is 8.48. The van der Waals surface area contributed by atoms with Crippen LogP contribution in [0.5, 0.6) is 0 Å². The lowest BCUT2D eigenvalue weighted by Gasteiger charge is -1.89. The van der Waals surface area contributed by atoms with Gasteiger partial charge in [0.2, 0.25) is 0 Å². The predicted octanol–water partition coefficient (Wildman–Crippen LogP) is 1.89. The van der Waals surface area contributed by atoms with Gasteiger partial charge in [0.05, 0.1) is 6.61 Å². The summed E-state index contributed by atoms with van der Waals surface area (Å²) in [6.45, 7) is 5.79. The molecule has 0 heterocycles. The second-order valence-electron chi connectivity index (χ2n) is 2.01. The zero-order valence-corrected chi connectivity index (χ0v) is 5.93. The van der Waals surface area contributed by atoms with Crippen LogP contribution in [-0.4, -0.2) is 11.7 Å². The van der Waals surface area contributed by atoms with Crippen LogP contribution in [0.25, 0.3) is 0 Å². The third kappa shape index (κ3) is 5.31. The van der Waals surface area contributed by atoms with Gasteiger partial charge in [0.25, 0.3) is 0 Å². The first kappa shape index (κ1) is 8.44. The van der Waals surface area contributed by atoms with Gasteiger partial charge in [-0.15, -0.1) is 0 Å². The number of hydrogen-bond acceptors (Lipinski definition) is 1. The van der Waals surface area contributed by atoms with E-state index >= 15 is 0 Å². The van der Waals surface area contributed by atoms with E-state index < -0.39 is 0 Å². The van der Waals surface area contributed by atoms with Crippen molar-refractivity contribution in [1.29, 1.82) is 0 Å². The Kier molecular flexibility index (Phi) is 5.23. The number of unbranched alkanes of at least 4 members (excludes halogenated alkanes) is 1. The summed E-state index contributed by atoms with van der Waals surface area (Å²) in [6.07, 6.45) is 6.11. The molecule has 0 fully saturated rings. The molecule has 0 rings (SSSR count). The van der Waals surface area contributed by atoms with E-state index in [1.807, 2.05) is 12.2 Å². The van der Waals surface area contributed by atoms with Gasteiger partial charge in [-0.25, -0.2) is 0 Å². The van der Waals surface area contributed by atoms with Gasteiger partial charge in [-0.1, -0.05) is 32.1 Å². The molecule has 0 aliphatic heterocycles. The third-order valence-corrected chi connectivity index (χ3v) is 1.01. The summed E-state index contributed by atoms with van der Waals surface area (Å²) in [5.41, 5.74) is 0.781. The zero-order valence-electron chi connectivity index (χ0n) is 5.93. The highest BCUT2D eigenvalue weighted by Crippen LogP contribution is 1.94. The number of allylic oxidation sites excluding steroid dienone is 1. The van der Waals surface area contributed by atoms with Crippen LogP contribution in [0.3, 0.4) is 0 Å². The Morgan fingerprint density at radius 2 is 2.33 bits per heavy atom. The topological polar surface area (TPSA) is 20.2 Å². The smallest absolute Gasteiger partial charge is 0.0676 e. The van der Waals surface area contributed by atoms with Crippen LogP contribution in [-0.2, 0) is 0 Å². The van der Waals surface area contributed by atoms with Crippen molar-refractivity contribution in [3.05, 3.63) is 24.3 Å². The quantitative estimate of drug-likeness (QED) is 0.570. The Morgan fingerprint density at radius 1 is 1.67 bits per heavy atom. The molecule has 0 aromatic carbocycles. The van der Waals surface area contributed by atoms with Gasteiger partial charge in [-0.2, -0.15) is 0 Å². The van der Waals surface area contributed by atoms with Crippen molar-refractivity contribution < 1.29 is 5.11 Å². The first-order valence-electron chi connectivity index (χ1n) is 3.26. The van der Waals surface area contributed by atoms with E-state index in [2.05, 4.69) is 13.5 Å². The Labute approximate surface area is 56.7 Å². The van der Waals surface area contributed by atoms with Crippen LogP contribution in [0, 0.1) is 0 Å². The summed E-state index contributed by atoms with van der Waals surface area (Å²) < 4.78 is 0. The van der Waals surface area contributed by atoms with Gasteiger partial charge < -0.3 is 5.11 Å². The third-order valence-electron chi connectivity index (χ3n) is 1.01. The van der Waals surface area contributed by atoms with Crippen LogP contribution in [0.1, 0.15) is 19.8 Å². The Balaban J connectivity index is 3.32. The lowest BCUT2D eigenvalue weighted by molar-refractivity contribution is 0.335. The van der Waals surface area contributed by atoms with Crippen molar-refractivity contribution >= 4 is 0 Å². The molecule has 1 N–H and O–H groups in total. The molecular weight excluding hydrogens is 112 g/mol. The van der Waals surface area contributed by atoms with E-state index in [1.165, 1.54) is 0 Å². The van der Waals surface area contributed by atoms with Crippen LogP contribution in [0.4, 0.5) is 0 Å². The van der Waals surface area contributed by atoms with E-state index in [1.54, 1.807) is 0 Å². The minimum absolute atomic E-state index is 0.0697. The first-order chi connectivity index (χ1) is 4.31. The fourth-order valence-electron chi connectivity index (χ4n) is 0.469. The van der Waals surface area contributed by atoms with Gasteiger partial charge in [0.1, 0.15) is 0 Å². The minimum Gasteiger partial charge on any atom is -0.392 e. The average Bonchev–Trinajstić information content (AvgIpc) is 1.89. The average molecular weight is 126 g/mol. The van der Waals surface area contributed by atoms with Crippen LogP contribution in [0.15, 0.2) is 24.3 Å². The van der Waals surface area contributed by atoms with Crippen molar-refractivity contribution in [2.24, 2.45) is 0 Å². The molecule has 52 valence electrons. The molecule has 0 saturated carbocycles. The van der Waals surface area contributed by atoms with Crippen LogP contribution >= 0.6 is 0 Å². The summed E-state index contributed by atoms with van der Waals surface area (Å²) in [7, 11) is 0. The first-order valence-corrected chi connectivity index (χ1v) is 3.26. The van der Waals surface area contributed by atoms with E-state index in [9.17, 15) is 0 Å². The predicted molar refractivity (Wildman–Crippen MR) is 40.3 cm³/mol. The SMILES string of the molecule is C=C(C=CCCC)CO. The molecule has 1 nitrogen and oxygen atoms in total. The van der Waals surface area contributed by atoms with Crippen molar-refractivity contribution in [3.63, 3.8) is 0 Å². The molecule has 0 bridgehead atoms. The van der Waals surface area contributed by atoms with Crippen molar-refractivity contribution in [2.45, 2.75) is 19.8 Å². The van der Waals surface area contributed by atoms with Crippen molar-refractivity contribution in [1.82, 2.24) is 0 Å². The number of rotatable bonds is 4. The molecule has 0 radical (unpaired) electrons. The second kappa shape index (κ2) is 5.57. The zero-order chi connectivity index (χ0) is 7.11. The monoisotopic (exact) mass is 126 g/mol. The van der Waals surface area contributed by atoms with Gasteiger partial charge in [0, 0.05) is 0 Å². The molecule has 0 unspecified atom stereocenters. The fourth-order valence-corrected chi connectivity index (χ4v) is 0.469. The lowest BCUT2D eigenvalue weighted by atomic mass is 10.2. The van der Waals surface area contributed by atoms with Gasteiger partial charge in [-0.05, 0) is 12.0 Å². The summed E-state index contributed by atoms with van der Waals surface area (Å²) in [5.74, 6) is 0. The molecule has 0 atom stereocenters. The van der Waals surface area contributed by atoms with Gasteiger partial charge >= 0.3 is 0 Å². The lowest BCUT2D eigenvalue weighted by Crippen LogP contribution is -1.81. The molecule has 0 amide bonds. The number of aliphatic hydroxyl groups excluding tert-OH is 1. The maximum Gasteiger partial charge on any atom is 0.0676 e. The van der Waals surface area contributed by atoms with Gasteiger partial charge in [-0.3, -0.25) is 0 Å². The Morgan fingerprint density at radius 3 is 2.78 bits per heavy atom. The van der Waals surface area contributed by atoms with Crippen molar-refractivity contribution in [3.8, 4) is 0 Å². The molecule has 0 spiro atoms. The highest BCUT2D eigenvalue weighted by atomic mass is 16.3. The number of aliphatic hydroxyl groups is 1. The molecule has 0 aromatic rings. The van der Waals surface area contributed by atoms with E-state index in [0.29, 0.717) is 0 Å². The van der Waals surface area contributed by atoms with Crippen LogP contribution in [0.2, 0.25) is 0 Å². The van der Waals surface area contributed by atoms with E-state index in [0.717, 1.165) is 18.4 Å². The Hall–Kier alpha value is -0.560. The summed E-state index contributed by atoms with van der Waals surface area (Å²) in [6, 6.07) is 0. The maximum absolute atomic E-state index is 8.48. The van der Waals surface area contributed by atoms with Crippen molar-refractivity contribution in [2.75, 3.05) is 6.61 Å².